The van der Waals surface area contributed by atoms with Gasteiger partial charge in [-0.3, -0.25) is 9.69 Å². The molecule has 0 radical (unpaired) electrons. The lowest BCUT2D eigenvalue weighted by atomic mass is 10.0. The Morgan fingerprint density at radius 2 is 1.78 bits per heavy atom. The van der Waals surface area contributed by atoms with Crippen LogP contribution in [0.4, 0.5) is 4.39 Å². The van der Waals surface area contributed by atoms with Crippen molar-refractivity contribution in [1.82, 2.24) is 4.90 Å². The molecular weight excluding hydrogens is 313 g/mol. The SMILES string of the molecule is O=C(c1cccc(CN2CCCCC2)c1)c1ccc(Cl)c(F)c1. The molecule has 0 aromatic heterocycles. The first-order valence-corrected chi connectivity index (χ1v) is 8.32. The van der Waals surface area contributed by atoms with Crippen molar-refractivity contribution in [3.05, 3.63) is 70.0 Å². The third kappa shape index (κ3) is 3.98. The van der Waals surface area contributed by atoms with E-state index >= 15 is 0 Å². The van der Waals surface area contributed by atoms with E-state index in [0.717, 1.165) is 25.2 Å². The summed E-state index contributed by atoms with van der Waals surface area (Å²) in [5.41, 5.74) is 2.02. The molecule has 120 valence electrons. The van der Waals surface area contributed by atoms with Crippen LogP contribution in [0.5, 0.6) is 0 Å². The maximum atomic E-state index is 13.6. The molecule has 0 atom stereocenters. The minimum absolute atomic E-state index is 0.0281. The van der Waals surface area contributed by atoms with Crippen LogP contribution < -0.4 is 0 Å². The van der Waals surface area contributed by atoms with Gasteiger partial charge in [0.2, 0.25) is 0 Å². The molecule has 2 aromatic carbocycles. The summed E-state index contributed by atoms with van der Waals surface area (Å²) in [4.78, 5) is 14.9. The van der Waals surface area contributed by atoms with E-state index in [2.05, 4.69) is 4.90 Å². The number of piperidine rings is 1. The average molecular weight is 332 g/mol. The summed E-state index contributed by atoms with van der Waals surface area (Å²) in [6.45, 7) is 3.08. The highest BCUT2D eigenvalue weighted by Crippen LogP contribution is 2.19. The standard InChI is InChI=1S/C19H19ClFNO/c20-17-8-7-16(12-18(17)21)19(23)15-6-4-5-14(11-15)13-22-9-2-1-3-10-22/h4-8,11-12H,1-3,9-10,13H2. The van der Waals surface area contributed by atoms with Gasteiger partial charge in [-0.2, -0.15) is 0 Å². The summed E-state index contributed by atoms with van der Waals surface area (Å²) >= 11 is 5.67. The van der Waals surface area contributed by atoms with E-state index in [-0.39, 0.29) is 10.8 Å². The highest BCUT2D eigenvalue weighted by atomic mass is 35.5. The number of nitrogens with zero attached hydrogens (tertiary/aromatic N) is 1. The van der Waals surface area contributed by atoms with Gasteiger partial charge in [-0.25, -0.2) is 4.39 Å². The molecule has 1 aliphatic heterocycles. The van der Waals surface area contributed by atoms with Gasteiger partial charge in [0.1, 0.15) is 5.82 Å². The van der Waals surface area contributed by atoms with Crippen molar-refractivity contribution in [1.29, 1.82) is 0 Å². The van der Waals surface area contributed by atoms with Crippen LogP contribution in [0.2, 0.25) is 5.02 Å². The van der Waals surface area contributed by atoms with Gasteiger partial charge in [0, 0.05) is 17.7 Å². The Balaban J connectivity index is 1.78. The number of halogens is 2. The normalized spacial score (nSPS) is 15.6. The molecule has 0 unspecified atom stereocenters. The van der Waals surface area contributed by atoms with Crippen LogP contribution in [0.1, 0.15) is 40.7 Å². The topological polar surface area (TPSA) is 20.3 Å². The van der Waals surface area contributed by atoms with E-state index in [1.807, 2.05) is 18.2 Å². The second-order valence-electron chi connectivity index (χ2n) is 6.00. The van der Waals surface area contributed by atoms with Crippen molar-refractivity contribution in [3.63, 3.8) is 0 Å². The van der Waals surface area contributed by atoms with Crippen LogP contribution in [0.25, 0.3) is 0 Å². The van der Waals surface area contributed by atoms with E-state index in [1.165, 1.54) is 31.4 Å². The first-order chi connectivity index (χ1) is 11.1. The molecule has 0 spiro atoms. The number of rotatable bonds is 4. The minimum Gasteiger partial charge on any atom is -0.299 e. The predicted molar refractivity (Wildman–Crippen MR) is 90.4 cm³/mol. The van der Waals surface area contributed by atoms with Gasteiger partial charge in [0.05, 0.1) is 5.02 Å². The Bertz CT molecular complexity index is 710. The summed E-state index contributed by atoms with van der Waals surface area (Å²) in [5, 5.41) is 0.0281. The summed E-state index contributed by atoms with van der Waals surface area (Å²) in [5.74, 6) is -0.747. The van der Waals surface area contributed by atoms with E-state index in [9.17, 15) is 9.18 Å². The Labute approximate surface area is 140 Å². The highest BCUT2D eigenvalue weighted by Gasteiger charge is 2.14. The molecule has 0 aliphatic carbocycles. The number of hydrogen-bond donors (Lipinski definition) is 0. The minimum atomic E-state index is -0.568. The van der Waals surface area contributed by atoms with Crippen molar-refractivity contribution >= 4 is 17.4 Å². The maximum Gasteiger partial charge on any atom is 0.193 e. The van der Waals surface area contributed by atoms with Crippen LogP contribution in [0, 0.1) is 5.82 Å². The molecule has 23 heavy (non-hydrogen) atoms. The fourth-order valence-electron chi connectivity index (χ4n) is 2.99. The number of hydrogen-bond acceptors (Lipinski definition) is 2. The van der Waals surface area contributed by atoms with Gasteiger partial charge >= 0.3 is 0 Å². The Morgan fingerprint density at radius 3 is 2.52 bits per heavy atom. The van der Waals surface area contributed by atoms with E-state index < -0.39 is 5.82 Å². The van der Waals surface area contributed by atoms with Gasteiger partial charge in [-0.1, -0.05) is 36.2 Å². The number of benzene rings is 2. The summed E-state index contributed by atoms with van der Waals surface area (Å²) in [7, 11) is 0. The van der Waals surface area contributed by atoms with Crippen LogP contribution in [0.3, 0.4) is 0 Å². The summed E-state index contributed by atoms with van der Waals surface area (Å²) < 4.78 is 13.6. The lowest BCUT2D eigenvalue weighted by Crippen LogP contribution is -2.29. The van der Waals surface area contributed by atoms with Crippen molar-refractivity contribution in [2.24, 2.45) is 0 Å². The molecule has 2 aromatic rings. The molecule has 0 N–H and O–H groups in total. The Kier molecular flexibility index (Phi) is 5.09. The third-order valence-electron chi connectivity index (χ3n) is 4.23. The predicted octanol–water partition coefficient (Wildman–Crippen LogP) is 4.70. The fraction of sp³-hybridized carbons (Fsp3) is 0.316. The molecule has 1 saturated heterocycles. The molecule has 4 heteroatoms. The van der Waals surface area contributed by atoms with Crippen molar-refractivity contribution in [2.45, 2.75) is 25.8 Å². The van der Waals surface area contributed by atoms with E-state index in [1.54, 1.807) is 12.1 Å². The van der Waals surface area contributed by atoms with Crippen LogP contribution >= 0.6 is 11.6 Å². The number of ketones is 1. The lowest BCUT2D eigenvalue weighted by molar-refractivity contribution is 0.103. The molecule has 2 nitrogen and oxygen atoms in total. The second-order valence-corrected chi connectivity index (χ2v) is 6.40. The monoisotopic (exact) mass is 331 g/mol. The van der Waals surface area contributed by atoms with Gasteiger partial charge in [0.25, 0.3) is 0 Å². The van der Waals surface area contributed by atoms with Gasteiger partial charge in [0.15, 0.2) is 5.78 Å². The molecule has 1 aliphatic rings. The maximum absolute atomic E-state index is 13.6. The smallest absolute Gasteiger partial charge is 0.193 e. The fourth-order valence-corrected chi connectivity index (χ4v) is 3.11. The first-order valence-electron chi connectivity index (χ1n) is 7.94. The van der Waals surface area contributed by atoms with Gasteiger partial charge in [-0.15, -0.1) is 0 Å². The quantitative estimate of drug-likeness (QED) is 0.757. The lowest BCUT2D eigenvalue weighted by Gasteiger charge is -2.26. The number of carbonyl (C=O) groups excluding carboxylic acids is 1. The number of carbonyl (C=O) groups is 1. The first kappa shape index (κ1) is 16.2. The van der Waals surface area contributed by atoms with Crippen molar-refractivity contribution in [3.8, 4) is 0 Å². The summed E-state index contributed by atoms with van der Waals surface area (Å²) in [6, 6.07) is 11.8. The van der Waals surface area contributed by atoms with Crippen LogP contribution in [-0.4, -0.2) is 23.8 Å². The van der Waals surface area contributed by atoms with Crippen LogP contribution in [-0.2, 0) is 6.54 Å². The zero-order valence-corrected chi connectivity index (χ0v) is 13.7. The Hall–Kier alpha value is -1.71. The van der Waals surface area contributed by atoms with Gasteiger partial charge < -0.3 is 0 Å². The van der Waals surface area contributed by atoms with Crippen molar-refractivity contribution < 1.29 is 9.18 Å². The highest BCUT2D eigenvalue weighted by molar-refractivity contribution is 6.30. The third-order valence-corrected chi connectivity index (χ3v) is 4.53. The Morgan fingerprint density at radius 1 is 1.04 bits per heavy atom. The average Bonchev–Trinajstić information content (AvgIpc) is 2.58. The second kappa shape index (κ2) is 7.24. The molecule has 1 fully saturated rings. The molecule has 1 heterocycles. The van der Waals surface area contributed by atoms with Crippen molar-refractivity contribution in [2.75, 3.05) is 13.1 Å². The van der Waals surface area contributed by atoms with Gasteiger partial charge in [-0.05, 0) is 55.8 Å². The largest absolute Gasteiger partial charge is 0.299 e. The molecule has 0 saturated carbocycles. The zero-order valence-electron chi connectivity index (χ0n) is 12.9. The molecule has 0 amide bonds. The van der Waals surface area contributed by atoms with E-state index in [4.69, 9.17) is 11.6 Å². The number of likely N-dealkylation sites (tertiary alicyclic amines) is 1. The summed E-state index contributed by atoms with van der Waals surface area (Å²) in [6.07, 6.45) is 3.78. The van der Waals surface area contributed by atoms with Crippen LogP contribution in [0.15, 0.2) is 42.5 Å². The van der Waals surface area contributed by atoms with E-state index in [0.29, 0.717) is 11.1 Å². The molecule has 3 rings (SSSR count). The molecule has 0 bridgehead atoms. The zero-order chi connectivity index (χ0) is 16.2. The molecular formula is C19H19ClFNO.